The Balaban J connectivity index is 1.40. The molecule has 42 heavy (non-hydrogen) atoms. The van der Waals surface area contributed by atoms with Gasteiger partial charge in [-0.25, -0.2) is 24.9 Å². The molecule has 0 aliphatic carbocycles. The van der Waals surface area contributed by atoms with E-state index in [1.165, 1.54) is 12.4 Å². The summed E-state index contributed by atoms with van der Waals surface area (Å²) in [6.07, 6.45) is 3.54. The molecule has 2 aromatic carbocycles. The van der Waals surface area contributed by atoms with Gasteiger partial charge in [0.15, 0.2) is 11.6 Å². The highest BCUT2D eigenvalue weighted by Crippen LogP contribution is 2.36. The van der Waals surface area contributed by atoms with Crippen LogP contribution >= 0.6 is 0 Å². The van der Waals surface area contributed by atoms with Crippen molar-refractivity contribution in [2.75, 3.05) is 35.7 Å². The van der Waals surface area contributed by atoms with Crippen molar-refractivity contribution >= 4 is 45.6 Å². The van der Waals surface area contributed by atoms with Gasteiger partial charge in [0, 0.05) is 37.8 Å². The zero-order valence-corrected chi connectivity index (χ0v) is 23.6. The zero-order valence-electron chi connectivity index (χ0n) is 23.6. The number of carbonyl (C=O) groups is 1. The molecule has 4 N–H and O–H groups in total. The first kappa shape index (κ1) is 28.4. The summed E-state index contributed by atoms with van der Waals surface area (Å²) in [5.41, 5.74) is 10.1. The second-order valence-electron chi connectivity index (χ2n) is 10.2. The molecule has 1 amide bonds. The van der Waals surface area contributed by atoms with E-state index >= 15 is 4.39 Å². The maximum absolute atomic E-state index is 15.6. The van der Waals surface area contributed by atoms with Gasteiger partial charge in [-0.2, -0.15) is 5.11 Å². The Morgan fingerprint density at radius 2 is 2.00 bits per heavy atom. The molecule has 0 bridgehead atoms. The molecule has 0 radical (unpaired) electrons. The molecule has 1 saturated heterocycles. The number of nitrogens with one attached hydrogen (secondary N) is 4. The number of ether oxygens (including phenoxy) is 1. The van der Waals surface area contributed by atoms with Crippen molar-refractivity contribution in [1.29, 1.82) is 5.53 Å². The topological polar surface area (TPSA) is 141 Å². The van der Waals surface area contributed by atoms with Crippen molar-refractivity contribution in [3.63, 3.8) is 0 Å². The van der Waals surface area contributed by atoms with Crippen LogP contribution in [0.4, 0.5) is 33.1 Å². The Kier molecular flexibility index (Phi) is 8.23. The molecular formula is C30H32FN9O2. The first-order chi connectivity index (χ1) is 20.3. The first-order valence-corrected chi connectivity index (χ1v) is 13.5. The Bertz CT molecular complexity index is 1660. The third kappa shape index (κ3) is 5.97. The predicted octanol–water partition coefficient (Wildman–Crippen LogP) is 6.23. The largest absolute Gasteiger partial charge is 0.457 e. The van der Waals surface area contributed by atoms with E-state index in [1.807, 2.05) is 12.1 Å². The van der Waals surface area contributed by atoms with Crippen molar-refractivity contribution in [3.8, 4) is 11.5 Å². The summed E-state index contributed by atoms with van der Waals surface area (Å²) in [5, 5.41) is 12.5. The lowest BCUT2D eigenvalue weighted by Gasteiger charge is -2.37. The second kappa shape index (κ2) is 12.2. The molecule has 1 fully saturated rings. The van der Waals surface area contributed by atoms with Crippen LogP contribution in [-0.2, 0) is 4.79 Å². The Morgan fingerprint density at radius 1 is 1.19 bits per heavy atom. The number of nitrogens with zero attached hydrogens (tertiary/aromatic N) is 5. The number of halogens is 1. The van der Waals surface area contributed by atoms with Gasteiger partial charge in [-0.05, 0) is 61.7 Å². The molecule has 1 aliphatic rings. The zero-order chi connectivity index (χ0) is 29.8. The number of hydrogen-bond acceptors (Lipinski definition) is 10. The average molecular weight is 570 g/mol. The van der Waals surface area contributed by atoms with Gasteiger partial charge in [-0.15, -0.1) is 0 Å². The smallest absolute Gasteiger partial charge is 0.243 e. The summed E-state index contributed by atoms with van der Waals surface area (Å²) in [6.45, 7) is 8.68. The minimum atomic E-state index is -0.502. The summed E-state index contributed by atoms with van der Waals surface area (Å²) >= 11 is 0. The second-order valence-corrected chi connectivity index (χ2v) is 10.2. The summed E-state index contributed by atoms with van der Waals surface area (Å²) in [7, 11) is 1.74. The number of piperidine rings is 1. The SMILES string of the molecule is C=CC(=O)NC1CC(C)CN(c2ccc3ncnc(Nc4ccc(Oc5ccc(NC)c(N=N)c5)c(C)c4F)c3n2)C1. The number of anilines is 4. The Morgan fingerprint density at radius 3 is 2.76 bits per heavy atom. The molecule has 12 heteroatoms. The molecule has 3 heterocycles. The summed E-state index contributed by atoms with van der Waals surface area (Å²) in [5.74, 6) is 1.47. The standard InChI is InChI=1S/C30H32FN9O2/c1-5-27(41)36-19-12-17(2)14-40(15-19)26-11-9-23-29(38-26)30(35-16-34-23)37-22-8-10-25(18(3)28(22)31)42-20-6-7-21(33-4)24(13-20)39-32/h5-11,13,16-17,19,32-33H,1,12,14-15H2,2-4H3,(H,36,41)(H,34,35,37). The van der Waals surface area contributed by atoms with Gasteiger partial charge >= 0.3 is 0 Å². The molecule has 11 nitrogen and oxygen atoms in total. The quantitative estimate of drug-likeness (QED) is 0.137. The van der Waals surface area contributed by atoms with Crippen LogP contribution in [0.15, 0.2) is 66.6 Å². The number of amides is 1. The van der Waals surface area contributed by atoms with Crippen molar-refractivity contribution in [3.05, 3.63) is 72.8 Å². The van der Waals surface area contributed by atoms with Gasteiger partial charge < -0.3 is 25.6 Å². The molecule has 2 unspecified atom stereocenters. The molecular weight excluding hydrogens is 537 g/mol. The van der Waals surface area contributed by atoms with E-state index in [9.17, 15) is 4.79 Å². The lowest BCUT2D eigenvalue weighted by Crippen LogP contribution is -2.50. The van der Waals surface area contributed by atoms with Crippen molar-refractivity contribution in [2.45, 2.75) is 26.3 Å². The van der Waals surface area contributed by atoms with Crippen LogP contribution in [0.3, 0.4) is 0 Å². The monoisotopic (exact) mass is 569 g/mol. The molecule has 2 atom stereocenters. The first-order valence-electron chi connectivity index (χ1n) is 13.5. The maximum Gasteiger partial charge on any atom is 0.243 e. The van der Waals surface area contributed by atoms with Crippen LogP contribution in [0.5, 0.6) is 11.5 Å². The minimum Gasteiger partial charge on any atom is -0.457 e. The van der Waals surface area contributed by atoms with Crippen LogP contribution in [-0.4, -0.2) is 47.0 Å². The number of aromatic nitrogens is 3. The molecule has 0 spiro atoms. The van der Waals surface area contributed by atoms with Gasteiger partial charge in [-0.3, -0.25) is 4.79 Å². The van der Waals surface area contributed by atoms with Crippen LogP contribution in [0.2, 0.25) is 0 Å². The van der Waals surface area contributed by atoms with Crippen LogP contribution in [0.25, 0.3) is 11.0 Å². The summed E-state index contributed by atoms with van der Waals surface area (Å²) < 4.78 is 21.5. The van der Waals surface area contributed by atoms with E-state index < -0.39 is 5.82 Å². The minimum absolute atomic E-state index is 0.0339. The number of carbonyl (C=O) groups excluding carboxylic acids is 1. The molecule has 0 saturated carbocycles. The molecule has 2 aromatic heterocycles. The predicted molar refractivity (Wildman–Crippen MR) is 161 cm³/mol. The summed E-state index contributed by atoms with van der Waals surface area (Å²) in [4.78, 5) is 27.6. The number of benzene rings is 2. The highest BCUT2D eigenvalue weighted by Gasteiger charge is 2.27. The van der Waals surface area contributed by atoms with Crippen molar-refractivity contribution in [1.82, 2.24) is 20.3 Å². The maximum atomic E-state index is 15.6. The highest BCUT2D eigenvalue weighted by molar-refractivity contribution is 5.88. The van der Waals surface area contributed by atoms with Crippen LogP contribution in [0.1, 0.15) is 18.9 Å². The van der Waals surface area contributed by atoms with Gasteiger partial charge in [-0.1, -0.05) is 13.5 Å². The van der Waals surface area contributed by atoms with E-state index in [2.05, 4.69) is 49.4 Å². The van der Waals surface area contributed by atoms with E-state index in [0.29, 0.717) is 63.6 Å². The normalized spacial score (nSPS) is 16.5. The number of hydrogen-bond donors (Lipinski definition) is 4. The third-order valence-electron chi connectivity index (χ3n) is 7.16. The Labute approximate surface area is 242 Å². The number of rotatable bonds is 9. The fourth-order valence-corrected chi connectivity index (χ4v) is 5.11. The van der Waals surface area contributed by atoms with E-state index in [-0.39, 0.29) is 17.6 Å². The van der Waals surface area contributed by atoms with Crippen molar-refractivity contribution < 1.29 is 13.9 Å². The van der Waals surface area contributed by atoms with E-state index in [4.69, 9.17) is 15.3 Å². The Hall–Kier alpha value is -5.13. The van der Waals surface area contributed by atoms with Crippen LogP contribution < -0.4 is 25.6 Å². The lowest BCUT2D eigenvalue weighted by atomic mass is 9.96. The van der Waals surface area contributed by atoms with Gasteiger partial charge in [0.2, 0.25) is 5.91 Å². The third-order valence-corrected chi connectivity index (χ3v) is 7.16. The number of fused-ring (bicyclic) bond motifs is 1. The molecule has 216 valence electrons. The van der Waals surface area contributed by atoms with Gasteiger partial charge in [0.25, 0.3) is 0 Å². The van der Waals surface area contributed by atoms with Crippen LogP contribution in [0, 0.1) is 24.2 Å². The van der Waals surface area contributed by atoms with E-state index in [1.54, 1.807) is 44.3 Å². The fourth-order valence-electron chi connectivity index (χ4n) is 5.11. The highest BCUT2D eigenvalue weighted by atomic mass is 19.1. The molecule has 5 rings (SSSR count). The average Bonchev–Trinajstić information content (AvgIpc) is 3.00. The lowest BCUT2D eigenvalue weighted by molar-refractivity contribution is -0.117. The van der Waals surface area contributed by atoms with Gasteiger partial charge in [0.05, 0.1) is 16.9 Å². The van der Waals surface area contributed by atoms with Gasteiger partial charge in [0.1, 0.15) is 34.8 Å². The number of pyridine rings is 1. The van der Waals surface area contributed by atoms with Crippen molar-refractivity contribution in [2.24, 2.45) is 11.0 Å². The molecule has 4 aromatic rings. The molecule has 1 aliphatic heterocycles. The van der Waals surface area contributed by atoms with E-state index in [0.717, 1.165) is 13.0 Å². The fraction of sp³-hybridized carbons (Fsp3) is 0.267. The summed E-state index contributed by atoms with van der Waals surface area (Å²) in [6, 6.07) is 12.0.